The van der Waals surface area contributed by atoms with Crippen LogP contribution < -0.4 is 0 Å². The normalized spacial score (nSPS) is 25.9. The van der Waals surface area contributed by atoms with Crippen molar-refractivity contribution in [1.29, 1.82) is 0 Å². The smallest absolute Gasteiger partial charge is 0.303 e. The van der Waals surface area contributed by atoms with Gasteiger partial charge in [0.1, 0.15) is 12.7 Å². The number of nitrogens with zero attached hydrogens (tertiary/aromatic N) is 2. The molecule has 0 amide bonds. The fourth-order valence-corrected chi connectivity index (χ4v) is 3.26. The lowest BCUT2D eigenvalue weighted by Crippen LogP contribution is -2.62. The molecule has 0 bridgehead atoms. The zero-order chi connectivity index (χ0) is 23.7. The second-order valence-corrected chi connectivity index (χ2v) is 6.94. The molecule has 1 unspecified atom stereocenters. The van der Waals surface area contributed by atoms with E-state index in [4.69, 9.17) is 23.7 Å². The van der Waals surface area contributed by atoms with Crippen LogP contribution in [-0.2, 0) is 42.9 Å². The van der Waals surface area contributed by atoms with E-state index in [1.807, 2.05) is 18.7 Å². The number of carbonyl (C=O) groups is 4. The SMILES string of the molecule is CCN(CC)C(C)=NC1O[C@H](COC(C)=O)[C@@H](OC(C)=O)[C@H](OC(C)=O)[C@H]1OC(C)=O. The van der Waals surface area contributed by atoms with Crippen LogP contribution in [0.2, 0.25) is 0 Å². The van der Waals surface area contributed by atoms with Gasteiger partial charge in [-0.1, -0.05) is 0 Å². The average molecular weight is 444 g/mol. The third-order valence-electron chi connectivity index (χ3n) is 4.50. The van der Waals surface area contributed by atoms with Crippen molar-refractivity contribution in [2.45, 2.75) is 79.1 Å². The summed E-state index contributed by atoms with van der Waals surface area (Å²) in [6.07, 6.45) is -5.71. The fourth-order valence-electron chi connectivity index (χ4n) is 3.26. The van der Waals surface area contributed by atoms with Crippen LogP contribution in [0.4, 0.5) is 0 Å². The molecule has 1 rings (SSSR count). The molecule has 0 N–H and O–H groups in total. The minimum absolute atomic E-state index is 0.284. The first-order valence-electron chi connectivity index (χ1n) is 10.1. The molecule has 1 aliphatic rings. The molecule has 0 aromatic heterocycles. The Morgan fingerprint density at radius 3 is 1.71 bits per heavy atom. The summed E-state index contributed by atoms with van der Waals surface area (Å²) >= 11 is 0. The number of esters is 4. The van der Waals surface area contributed by atoms with Gasteiger partial charge in [0, 0.05) is 40.8 Å². The van der Waals surface area contributed by atoms with E-state index in [1.54, 1.807) is 6.92 Å². The molecule has 0 aromatic rings. The summed E-state index contributed by atoms with van der Waals surface area (Å²) in [5.41, 5.74) is 0. The predicted molar refractivity (Wildman–Crippen MR) is 108 cm³/mol. The lowest BCUT2D eigenvalue weighted by atomic mass is 9.97. The van der Waals surface area contributed by atoms with Gasteiger partial charge in [0.05, 0.1) is 5.84 Å². The summed E-state index contributed by atoms with van der Waals surface area (Å²) in [5, 5.41) is 0. The Hall–Kier alpha value is -2.69. The van der Waals surface area contributed by atoms with Gasteiger partial charge in [-0.2, -0.15) is 0 Å². The van der Waals surface area contributed by atoms with Crippen LogP contribution in [0.5, 0.6) is 0 Å². The van der Waals surface area contributed by atoms with Gasteiger partial charge in [0.2, 0.25) is 0 Å². The Morgan fingerprint density at radius 1 is 0.774 bits per heavy atom. The molecule has 11 nitrogen and oxygen atoms in total. The second-order valence-electron chi connectivity index (χ2n) is 6.94. The van der Waals surface area contributed by atoms with E-state index in [2.05, 4.69) is 4.99 Å². The van der Waals surface area contributed by atoms with Gasteiger partial charge >= 0.3 is 23.9 Å². The van der Waals surface area contributed by atoms with E-state index in [0.717, 1.165) is 0 Å². The number of rotatable bonds is 8. The van der Waals surface area contributed by atoms with Crippen LogP contribution in [0.15, 0.2) is 4.99 Å². The van der Waals surface area contributed by atoms with E-state index in [9.17, 15) is 19.2 Å². The lowest BCUT2D eigenvalue weighted by molar-refractivity contribution is -0.251. The van der Waals surface area contributed by atoms with Gasteiger partial charge in [-0.15, -0.1) is 0 Å². The summed E-state index contributed by atoms with van der Waals surface area (Å²) in [4.78, 5) is 53.1. The van der Waals surface area contributed by atoms with Gasteiger partial charge in [0.15, 0.2) is 24.5 Å². The predicted octanol–water partition coefficient (Wildman–Crippen LogP) is 0.830. The zero-order valence-corrected chi connectivity index (χ0v) is 19.1. The molecule has 11 heteroatoms. The number of amidine groups is 1. The standard InChI is InChI=1S/C20H32N2O9/c1-8-22(9-2)11(3)21-20-19(30-15(7)26)18(29-14(6)25)17(28-13(5)24)16(31-20)10-27-12(4)23/h16-20H,8-10H2,1-7H3/t16-,17-,18+,19-,20?/m1/s1. The monoisotopic (exact) mass is 444 g/mol. The molecule has 0 spiro atoms. The van der Waals surface area contributed by atoms with Crippen LogP contribution in [0.3, 0.4) is 0 Å². The molecule has 1 saturated heterocycles. The third-order valence-corrected chi connectivity index (χ3v) is 4.50. The van der Waals surface area contributed by atoms with Crippen molar-refractivity contribution < 1.29 is 42.9 Å². The van der Waals surface area contributed by atoms with Gasteiger partial charge in [-0.25, -0.2) is 4.99 Å². The molecule has 1 fully saturated rings. The Kier molecular flexibility index (Phi) is 10.4. The minimum Gasteiger partial charge on any atom is -0.463 e. The maximum absolute atomic E-state index is 11.8. The van der Waals surface area contributed by atoms with Gasteiger partial charge in [0.25, 0.3) is 0 Å². The van der Waals surface area contributed by atoms with Crippen molar-refractivity contribution in [3.63, 3.8) is 0 Å². The van der Waals surface area contributed by atoms with E-state index >= 15 is 0 Å². The number of ether oxygens (including phenoxy) is 5. The van der Waals surface area contributed by atoms with E-state index in [0.29, 0.717) is 18.9 Å². The van der Waals surface area contributed by atoms with Crippen LogP contribution in [0.25, 0.3) is 0 Å². The first-order chi connectivity index (χ1) is 14.5. The lowest BCUT2D eigenvalue weighted by Gasteiger charge is -2.43. The Bertz CT molecular complexity index is 690. The summed E-state index contributed by atoms with van der Waals surface area (Å²) in [6, 6.07) is 0. The summed E-state index contributed by atoms with van der Waals surface area (Å²) < 4.78 is 27.1. The molecule has 1 aliphatic heterocycles. The van der Waals surface area contributed by atoms with Crippen LogP contribution in [-0.4, -0.2) is 85.0 Å². The number of hydrogen-bond acceptors (Lipinski definition) is 10. The van der Waals surface area contributed by atoms with Crippen molar-refractivity contribution in [3.05, 3.63) is 0 Å². The number of aliphatic imine (C=N–C) groups is 1. The number of hydrogen-bond donors (Lipinski definition) is 0. The van der Waals surface area contributed by atoms with Crippen LogP contribution in [0, 0.1) is 0 Å². The molecule has 5 atom stereocenters. The minimum atomic E-state index is -1.22. The Balaban J connectivity index is 3.45. The molecule has 1 heterocycles. The van der Waals surface area contributed by atoms with Crippen molar-refractivity contribution in [3.8, 4) is 0 Å². The second kappa shape index (κ2) is 12.2. The van der Waals surface area contributed by atoms with Gasteiger partial charge in [-0.3, -0.25) is 19.2 Å². The Morgan fingerprint density at radius 2 is 1.26 bits per heavy atom. The molecule has 31 heavy (non-hydrogen) atoms. The topological polar surface area (TPSA) is 130 Å². The van der Waals surface area contributed by atoms with Crippen molar-refractivity contribution in [1.82, 2.24) is 4.90 Å². The molecule has 0 aromatic carbocycles. The third kappa shape index (κ3) is 8.16. The molecule has 0 aliphatic carbocycles. The Labute approximate surface area is 182 Å². The highest BCUT2D eigenvalue weighted by molar-refractivity contribution is 5.80. The van der Waals surface area contributed by atoms with Crippen LogP contribution >= 0.6 is 0 Å². The molecular weight excluding hydrogens is 412 g/mol. The largest absolute Gasteiger partial charge is 0.463 e. The van der Waals surface area contributed by atoms with Crippen molar-refractivity contribution in [2.24, 2.45) is 4.99 Å². The molecule has 0 saturated carbocycles. The maximum atomic E-state index is 11.8. The van der Waals surface area contributed by atoms with Gasteiger partial charge in [-0.05, 0) is 20.8 Å². The maximum Gasteiger partial charge on any atom is 0.303 e. The molecular formula is C20H32N2O9. The van der Waals surface area contributed by atoms with E-state index in [-0.39, 0.29) is 6.61 Å². The first-order valence-corrected chi connectivity index (χ1v) is 10.1. The average Bonchev–Trinajstić information content (AvgIpc) is 2.64. The molecule has 0 radical (unpaired) electrons. The summed E-state index contributed by atoms with van der Waals surface area (Å²) in [6.45, 7) is 11.5. The summed E-state index contributed by atoms with van der Waals surface area (Å²) in [7, 11) is 0. The number of carbonyl (C=O) groups excluding carboxylic acids is 4. The molecule has 176 valence electrons. The van der Waals surface area contributed by atoms with E-state index in [1.165, 1.54) is 27.7 Å². The summed E-state index contributed by atoms with van der Waals surface area (Å²) in [5.74, 6) is -2.00. The van der Waals surface area contributed by atoms with Crippen molar-refractivity contribution >= 4 is 29.7 Å². The van der Waals surface area contributed by atoms with Crippen molar-refractivity contribution in [2.75, 3.05) is 19.7 Å². The quantitative estimate of drug-likeness (QED) is 0.230. The zero-order valence-electron chi connectivity index (χ0n) is 19.1. The first kappa shape index (κ1) is 26.3. The highest BCUT2D eigenvalue weighted by Gasteiger charge is 2.52. The highest BCUT2D eigenvalue weighted by atomic mass is 16.7. The van der Waals surface area contributed by atoms with E-state index < -0.39 is 54.5 Å². The van der Waals surface area contributed by atoms with Gasteiger partial charge < -0.3 is 28.6 Å². The van der Waals surface area contributed by atoms with Crippen LogP contribution in [0.1, 0.15) is 48.5 Å². The fraction of sp³-hybridized carbons (Fsp3) is 0.750. The highest BCUT2D eigenvalue weighted by Crippen LogP contribution is 2.30.